The summed E-state index contributed by atoms with van der Waals surface area (Å²) in [7, 11) is 0. The zero-order valence-corrected chi connectivity index (χ0v) is 15.5. The highest BCUT2D eigenvalue weighted by molar-refractivity contribution is 9.10. The maximum Gasteiger partial charge on any atom is 0.254 e. The Morgan fingerprint density at radius 2 is 1.62 bits per heavy atom. The van der Waals surface area contributed by atoms with Gasteiger partial charge in [0.25, 0.3) is 5.89 Å². The summed E-state index contributed by atoms with van der Waals surface area (Å²) in [5.41, 5.74) is 2.28. The Bertz CT molecular complexity index is 803. The molecule has 0 aliphatic heterocycles. The molecule has 0 aliphatic rings. The van der Waals surface area contributed by atoms with Crippen LogP contribution in [0.4, 0.5) is 0 Å². The largest absolute Gasteiger partial charge is 0.484 e. The summed E-state index contributed by atoms with van der Waals surface area (Å²) in [5, 5.41) is 8.10. The Kier molecular flexibility index (Phi) is 4.71. The highest BCUT2D eigenvalue weighted by atomic mass is 79.9. The van der Waals surface area contributed by atoms with Crippen LogP contribution in [0.25, 0.3) is 11.5 Å². The average molecular weight is 387 g/mol. The summed E-state index contributed by atoms with van der Waals surface area (Å²) in [6.45, 7) is 6.80. The molecule has 3 rings (SSSR count). The Morgan fingerprint density at radius 1 is 0.958 bits per heavy atom. The van der Waals surface area contributed by atoms with Gasteiger partial charge in [-0.15, -0.1) is 10.2 Å². The van der Waals surface area contributed by atoms with E-state index in [0.717, 1.165) is 15.8 Å². The lowest BCUT2D eigenvalue weighted by molar-refractivity contribution is 0.264. The van der Waals surface area contributed by atoms with Crippen molar-refractivity contribution < 1.29 is 9.15 Å². The van der Waals surface area contributed by atoms with E-state index in [-0.39, 0.29) is 12.0 Å². The topological polar surface area (TPSA) is 48.2 Å². The fraction of sp³-hybridized carbons (Fsp3) is 0.263. The van der Waals surface area contributed by atoms with Gasteiger partial charge in [-0.1, -0.05) is 48.8 Å². The SMILES string of the molecule is CC(C)(C)c1ccc(OCc2nnc(-c3ccc(Br)cc3)o2)cc1. The number of ether oxygens (including phenoxy) is 1. The van der Waals surface area contributed by atoms with Crippen LogP contribution in [0.5, 0.6) is 5.75 Å². The van der Waals surface area contributed by atoms with Gasteiger partial charge in [0.15, 0.2) is 6.61 Å². The van der Waals surface area contributed by atoms with Crippen molar-refractivity contribution in [1.82, 2.24) is 10.2 Å². The van der Waals surface area contributed by atoms with Crippen LogP contribution in [-0.4, -0.2) is 10.2 Å². The standard InChI is InChI=1S/C19H19BrN2O2/c1-19(2,3)14-6-10-16(11-7-14)23-12-17-21-22-18(24-17)13-4-8-15(20)9-5-13/h4-11H,12H2,1-3H3. The van der Waals surface area contributed by atoms with Gasteiger partial charge in [-0.25, -0.2) is 0 Å². The lowest BCUT2D eigenvalue weighted by Gasteiger charge is -2.19. The first-order valence-electron chi connectivity index (χ1n) is 7.73. The van der Waals surface area contributed by atoms with Gasteiger partial charge in [-0.05, 0) is 47.4 Å². The summed E-state index contributed by atoms with van der Waals surface area (Å²) in [5.74, 6) is 1.73. The van der Waals surface area contributed by atoms with Gasteiger partial charge < -0.3 is 9.15 Å². The Morgan fingerprint density at radius 3 is 2.25 bits per heavy atom. The first kappa shape index (κ1) is 16.7. The summed E-state index contributed by atoms with van der Waals surface area (Å²) >= 11 is 3.40. The van der Waals surface area contributed by atoms with Crippen molar-refractivity contribution in [3.8, 4) is 17.2 Å². The predicted octanol–water partition coefficient (Wildman–Crippen LogP) is 5.38. The van der Waals surface area contributed by atoms with Crippen molar-refractivity contribution in [2.24, 2.45) is 0 Å². The number of hydrogen-bond donors (Lipinski definition) is 0. The van der Waals surface area contributed by atoms with E-state index >= 15 is 0 Å². The average Bonchev–Trinajstić information content (AvgIpc) is 3.02. The molecule has 0 atom stereocenters. The van der Waals surface area contributed by atoms with E-state index in [9.17, 15) is 0 Å². The van der Waals surface area contributed by atoms with Crippen LogP contribution >= 0.6 is 15.9 Å². The maximum atomic E-state index is 5.72. The first-order valence-corrected chi connectivity index (χ1v) is 8.53. The molecule has 0 bridgehead atoms. The van der Waals surface area contributed by atoms with Crippen molar-refractivity contribution in [2.75, 3.05) is 0 Å². The van der Waals surface area contributed by atoms with Crippen LogP contribution in [0, 0.1) is 0 Å². The van der Waals surface area contributed by atoms with Gasteiger partial charge in [-0.2, -0.15) is 0 Å². The maximum absolute atomic E-state index is 5.72. The molecule has 3 aromatic rings. The Balaban J connectivity index is 1.64. The summed E-state index contributed by atoms with van der Waals surface area (Å²) in [4.78, 5) is 0. The van der Waals surface area contributed by atoms with E-state index in [1.165, 1.54) is 5.56 Å². The quantitative estimate of drug-likeness (QED) is 0.604. The molecule has 1 heterocycles. The molecule has 124 valence electrons. The molecule has 0 aliphatic carbocycles. The second kappa shape index (κ2) is 6.77. The third-order valence-corrected chi connectivity index (χ3v) is 4.17. The fourth-order valence-electron chi connectivity index (χ4n) is 2.22. The minimum absolute atomic E-state index is 0.130. The molecular weight excluding hydrogens is 368 g/mol. The molecule has 24 heavy (non-hydrogen) atoms. The highest BCUT2D eigenvalue weighted by Crippen LogP contribution is 2.25. The van der Waals surface area contributed by atoms with E-state index in [1.807, 2.05) is 36.4 Å². The lowest BCUT2D eigenvalue weighted by Crippen LogP contribution is -2.10. The molecule has 5 heteroatoms. The molecular formula is C19H19BrN2O2. The van der Waals surface area contributed by atoms with Gasteiger partial charge in [-0.3, -0.25) is 0 Å². The van der Waals surface area contributed by atoms with Gasteiger partial charge in [0.1, 0.15) is 5.75 Å². The molecule has 0 radical (unpaired) electrons. The molecule has 0 N–H and O–H groups in total. The van der Waals surface area contributed by atoms with Crippen LogP contribution in [0.2, 0.25) is 0 Å². The molecule has 0 fully saturated rings. The van der Waals surface area contributed by atoms with Crippen LogP contribution in [-0.2, 0) is 12.0 Å². The van der Waals surface area contributed by atoms with Crippen molar-refractivity contribution in [3.63, 3.8) is 0 Å². The van der Waals surface area contributed by atoms with Crippen LogP contribution in [0.15, 0.2) is 57.4 Å². The Hall–Kier alpha value is -2.14. The summed E-state index contributed by atoms with van der Waals surface area (Å²) < 4.78 is 12.4. The van der Waals surface area contributed by atoms with E-state index in [1.54, 1.807) is 0 Å². The van der Waals surface area contributed by atoms with Crippen molar-refractivity contribution >= 4 is 15.9 Å². The number of halogens is 1. The fourth-order valence-corrected chi connectivity index (χ4v) is 2.48. The minimum Gasteiger partial charge on any atom is -0.484 e. The van der Waals surface area contributed by atoms with Crippen molar-refractivity contribution in [2.45, 2.75) is 32.8 Å². The van der Waals surface area contributed by atoms with Crippen LogP contribution in [0.1, 0.15) is 32.2 Å². The zero-order valence-electron chi connectivity index (χ0n) is 13.9. The minimum atomic E-state index is 0.130. The van der Waals surface area contributed by atoms with Crippen LogP contribution in [0.3, 0.4) is 0 Å². The van der Waals surface area contributed by atoms with E-state index in [0.29, 0.717) is 11.8 Å². The molecule has 4 nitrogen and oxygen atoms in total. The zero-order chi connectivity index (χ0) is 17.2. The second-order valence-electron chi connectivity index (χ2n) is 6.57. The molecule has 0 saturated heterocycles. The first-order chi connectivity index (χ1) is 11.4. The highest BCUT2D eigenvalue weighted by Gasteiger charge is 2.13. The van der Waals surface area contributed by atoms with E-state index in [2.05, 4.69) is 59.0 Å². The predicted molar refractivity (Wildman–Crippen MR) is 96.9 cm³/mol. The monoisotopic (exact) mass is 386 g/mol. The summed E-state index contributed by atoms with van der Waals surface area (Å²) in [6, 6.07) is 15.8. The molecule has 0 spiro atoms. The van der Waals surface area contributed by atoms with Gasteiger partial charge in [0.2, 0.25) is 5.89 Å². The van der Waals surface area contributed by atoms with Crippen molar-refractivity contribution in [3.05, 3.63) is 64.5 Å². The third-order valence-electron chi connectivity index (χ3n) is 3.64. The Labute approximate surface area is 150 Å². The lowest BCUT2D eigenvalue weighted by atomic mass is 9.87. The number of benzene rings is 2. The third kappa shape index (κ3) is 4.03. The van der Waals surface area contributed by atoms with E-state index in [4.69, 9.17) is 9.15 Å². The van der Waals surface area contributed by atoms with Crippen molar-refractivity contribution in [1.29, 1.82) is 0 Å². The number of rotatable bonds is 4. The smallest absolute Gasteiger partial charge is 0.254 e. The van der Waals surface area contributed by atoms with Crippen LogP contribution < -0.4 is 4.74 Å². The number of nitrogens with zero attached hydrogens (tertiary/aromatic N) is 2. The second-order valence-corrected chi connectivity index (χ2v) is 7.49. The molecule has 0 unspecified atom stereocenters. The van der Waals surface area contributed by atoms with Gasteiger partial charge in [0.05, 0.1) is 0 Å². The van der Waals surface area contributed by atoms with Gasteiger partial charge in [0, 0.05) is 10.0 Å². The summed E-state index contributed by atoms with van der Waals surface area (Å²) in [6.07, 6.45) is 0. The molecule has 1 aromatic heterocycles. The molecule has 0 saturated carbocycles. The van der Waals surface area contributed by atoms with E-state index < -0.39 is 0 Å². The molecule has 2 aromatic carbocycles. The normalized spacial score (nSPS) is 11.5. The number of hydrogen-bond acceptors (Lipinski definition) is 4. The number of aromatic nitrogens is 2. The molecule has 0 amide bonds. The van der Waals surface area contributed by atoms with Gasteiger partial charge >= 0.3 is 0 Å².